The third-order valence-electron chi connectivity index (χ3n) is 5.73. The first-order chi connectivity index (χ1) is 16.7. The van der Waals surface area contributed by atoms with Crippen molar-refractivity contribution in [2.24, 2.45) is 5.92 Å². The zero-order valence-corrected chi connectivity index (χ0v) is 19.7. The number of hydrogen-bond donors (Lipinski definition) is 3. The summed E-state index contributed by atoms with van der Waals surface area (Å²) >= 11 is 0. The van der Waals surface area contributed by atoms with Crippen molar-refractivity contribution in [2.75, 3.05) is 11.5 Å². The number of ether oxygens (including phenoxy) is 1. The lowest BCUT2D eigenvalue weighted by Crippen LogP contribution is -2.29. The molecule has 1 atom stereocenters. The van der Waals surface area contributed by atoms with Gasteiger partial charge in [-0.15, -0.1) is 0 Å². The van der Waals surface area contributed by atoms with Gasteiger partial charge in [0.25, 0.3) is 11.7 Å². The zero-order chi connectivity index (χ0) is 25.3. The molecule has 1 amide bonds. The molecule has 0 bridgehead atoms. The van der Waals surface area contributed by atoms with Crippen LogP contribution in [0.1, 0.15) is 36.6 Å². The van der Waals surface area contributed by atoms with E-state index >= 15 is 0 Å². The maximum Gasteiger partial charge on any atom is 0.300 e. The van der Waals surface area contributed by atoms with Gasteiger partial charge in [-0.3, -0.25) is 14.5 Å². The molecule has 35 heavy (non-hydrogen) atoms. The molecule has 0 spiro atoms. The summed E-state index contributed by atoms with van der Waals surface area (Å²) in [4.78, 5) is 27.7. The summed E-state index contributed by atoms with van der Waals surface area (Å²) in [5.74, 6) is -1.45. The van der Waals surface area contributed by atoms with E-state index in [-0.39, 0.29) is 28.5 Å². The van der Waals surface area contributed by atoms with E-state index in [4.69, 9.17) is 4.74 Å². The second-order valence-electron chi connectivity index (χ2n) is 8.99. The third-order valence-corrected chi connectivity index (χ3v) is 5.73. The average Bonchev–Trinajstić information content (AvgIpc) is 3.10. The summed E-state index contributed by atoms with van der Waals surface area (Å²) in [5, 5.41) is 31.6. The normalized spacial score (nSPS) is 17.3. The zero-order valence-electron chi connectivity index (χ0n) is 19.7. The van der Waals surface area contributed by atoms with Crippen LogP contribution >= 0.6 is 0 Å². The number of rotatable bonds is 6. The number of carbonyl (C=O) groups excluding carboxylic acids is 2. The molecule has 7 nitrogen and oxygen atoms in total. The SMILES string of the molecule is Cc1ccc(O)c(N2C(=O)C(=O)/C(=C(/O)c3cccc(OCC(C)C)c3)C2c2ccc(O)cc2)c1. The molecule has 1 heterocycles. The number of ketones is 1. The van der Waals surface area contributed by atoms with E-state index in [0.29, 0.717) is 29.4 Å². The Hall–Kier alpha value is -4.26. The van der Waals surface area contributed by atoms with Crippen LogP contribution in [0.25, 0.3) is 5.76 Å². The van der Waals surface area contributed by atoms with Crippen molar-refractivity contribution in [3.63, 3.8) is 0 Å². The van der Waals surface area contributed by atoms with Gasteiger partial charge in [-0.2, -0.15) is 0 Å². The van der Waals surface area contributed by atoms with Crippen molar-refractivity contribution in [3.05, 3.63) is 89.0 Å². The molecule has 3 aromatic rings. The van der Waals surface area contributed by atoms with Crippen LogP contribution in [0.3, 0.4) is 0 Å². The molecule has 180 valence electrons. The van der Waals surface area contributed by atoms with Crippen LogP contribution in [0.5, 0.6) is 17.2 Å². The van der Waals surface area contributed by atoms with E-state index in [0.717, 1.165) is 5.56 Å². The summed E-state index contributed by atoms with van der Waals surface area (Å²) in [7, 11) is 0. The number of benzene rings is 3. The number of carbonyl (C=O) groups is 2. The molecule has 0 radical (unpaired) electrons. The predicted octanol–water partition coefficient (Wildman–Crippen LogP) is 5.07. The van der Waals surface area contributed by atoms with Gasteiger partial charge in [0.2, 0.25) is 0 Å². The van der Waals surface area contributed by atoms with Crippen molar-refractivity contribution in [1.82, 2.24) is 0 Å². The van der Waals surface area contributed by atoms with Gasteiger partial charge in [0.05, 0.1) is 23.9 Å². The molecular weight excluding hydrogens is 446 g/mol. The highest BCUT2D eigenvalue weighted by Gasteiger charge is 2.47. The van der Waals surface area contributed by atoms with Gasteiger partial charge in [0.15, 0.2) is 0 Å². The molecule has 4 rings (SSSR count). The molecule has 1 unspecified atom stereocenters. The lowest BCUT2D eigenvalue weighted by Gasteiger charge is -2.26. The molecule has 0 aromatic heterocycles. The first kappa shape index (κ1) is 23.9. The first-order valence-electron chi connectivity index (χ1n) is 11.3. The van der Waals surface area contributed by atoms with Crippen molar-refractivity contribution < 1.29 is 29.6 Å². The number of amides is 1. The van der Waals surface area contributed by atoms with Gasteiger partial charge in [-0.25, -0.2) is 0 Å². The van der Waals surface area contributed by atoms with E-state index in [1.165, 1.54) is 23.1 Å². The maximum atomic E-state index is 13.3. The minimum Gasteiger partial charge on any atom is -0.508 e. The van der Waals surface area contributed by atoms with Crippen molar-refractivity contribution in [3.8, 4) is 17.2 Å². The lowest BCUT2D eigenvalue weighted by atomic mass is 9.95. The molecule has 1 aliphatic rings. The van der Waals surface area contributed by atoms with E-state index in [1.54, 1.807) is 55.5 Å². The molecule has 0 aliphatic carbocycles. The molecular formula is C28H27NO6. The fraction of sp³-hybridized carbons (Fsp3) is 0.214. The smallest absolute Gasteiger partial charge is 0.300 e. The quantitative estimate of drug-likeness (QED) is 0.262. The third kappa shape index (κ3) is 4.71. The van der Waals surface area contributed by atoms with Gasteiger partial charge < -0.3 is 20.1 Å². The molecule has 7 heteroatoms. The predicted molar refractivity (Wildman–Crippen MR) is 133 cm³/mol. The number of phenolic OH excluding ortho intramolecular Hbond substituents is 2. The number of aliphatic hydroxyl groups excluding tert-OH is 1. The summed E-state index contributed by atoms with van der Waals surface area (Å²) in [5.41, 5.74) is 1.61. The first-order valence-corrected chi connectivity index (χ1v) is 11.3. The minimum atomic E-state index is -1.02. The summed E-state index contributed by atoms with van der Waals surface area (Å²) in [6.07, 6.45) is 0. The van der Waals surface area contributed by atoms with Gasteiger partial charge in [-0.1, -0.05) is 44.2 Å². The van der Waals surface area contributed by atoms with Crippen LogP contribution in [-0.4, -0.2) is 33.6 Å². The fourth-order valence-electron chi connectivity index (χ4n) is 4.03. The molecule has 1 fully saturated rings. The number of phenols is 2. The van der Waals surface area contributed by atoms with Crippen LogP contribution < -0.4 is 9.64 Å². The van der Waals surface area contributed by atoms with Crippen molar-refractivity contribution >= 4 is 23.1 Å². The summed E-state index contributed by atoms with van der Waals surface area (Å²) in [6, 6.07) is 16.4. The highest BCUT2D eigenvalue weighted by Crippen LogP contribution is 2.45. The molecule has 3 N–H and O–H groups in total. The molecule has 1 saturated heterocycles. The summed E-state index contributed by atoms with van der Waals surface area (Å²) in [6.45, 7) is 6.32. The topological polar surface area (TPSA) is 107 Å². The lowest BCUT2D eigenvalue weighted by molar-refractivity contribution is -0.132. The maximum absolute atomic E-state index is 13.3. The Bertz CT molecular complexity index is 1310. The Labute approximate surface area is 203 Å². The molecule has 0 saturated carbocycles. The number of Topliss-reactive ketones (excluding diaryl/α,β-unsaturated/α-hetero) is 1. The number of hydrogen-bond acceptors (Lipinski definition) is 6. The van der Waals surface area contributed by atoms with Crippen LogP contribution in [0, 0.1) is 12.8 Å². The summed E-state index contributed by atoms with van der Waals surface area (Å²) < 4.78 is 5.76. The van der Waals surface area contributed by atoms with Crippen LogP contribution in [0.2, 0.25) is 0 Å². The Morgan fingerprint density at radius 1 is 1.00 bits per heavy atom. The number of aromatic hydroxyl groups is 2. The molecule has 3 aromatic carbocycles. The monoisotopic (exact) mass is 473 g/mol. The van der Waals surface area contributed by atoms with E-state index in [2.05, 4.69) is 0 Å². The second kappa shape index (κ2) is 9.54. The standard InChI is InChI=1S/C28H27NO6/c1-16(2)15-35-21-6-4-5-19(14-21)26(32)24-25(18-8-10-20(30)11-9-18)29(28(34)27(24)33)22-13-17(3)7-12-23(22)31/h4-14,16,25,30-32H,15H2,1-3H3/b26-24+. The Kier molecular flexibility index (Phi) is 6.51. The fourth-order valence-corrected chi connectivity index (χ4v) is 4.03. The van der Waals surface area contributed by atoms with Gasteiger partial charge >= 0.3 is 0 Å². The van der Waals surface area contributed by atoms with Crippen molar-refractivity contribution in [2.45, 2.75) is 26.8 Å². The van der Waals surface area contributed by atoms with Crippen LogP contribution in [-0.2, 0) is 9.59 Å². The van der Waals surface area contributed by atoms with Crippen LogP contribution in [0.4, 0.5) is 5.69 Å². The minimum absolute atomic E-state index is 0.0131. The molecule has 1 aliphatic heterocycles. The van der Waals surface area contributed by atoms with E-state index < -0.39 is 17.7 Å². The number of aliphatic hydroxyl groups is 1. The second-order valence-corrected chi connectivity index (χ2v) is 8.99. The Morgan fingerprint density at radius 2 is 1.71 bits per heavy atom. The highest BCUT2D eigenvalue weighted by atomic mass is 16.5. The van der Waals surface area contributed by atoms with E-state index in [1.807, 2.05) is 13.8 Å². The average molecular weight is 474 g/mol. The number of aryl methyl sites for hydroxylation is 1. The Balaban J connectivity index is 1.89. The van der Waals surface area contributed by atoms with E-state index in [9.17, 15) is 24.9 Å². The van der Waals surface area contributed by atoms with Gasteiger partial charge in [-0.05, 0) is 60.4 Å². The number of anilines is 1. The van der Waals surface area contributed by atoms with Crippen LogP contribution in [0.15, 0.2) is 72.3 Å². The number of nitrogens with zero attached hydrogens (tertiary/aromatic N) is 1. The van der Waals surface area contributed by atoms with Gasteiger partial charge in [0, 0.05) is 5.56 Å². The Morgan fingerprint density at radius 3 is 2.40 bits per heavy atom. The largest absolute Gasteiger partial charge is 0.508 e. The van der Waals surface area contributed by atoms with Crippen molar-refractivity contribution in [1.29, 1.82) is 0 Å². The van der Waals surface area contributed by atoms with Gasteiger partial charge in [0.1, 0.15) is 23.0 Å². The highest BCUT2D eigenvalue weighted by molar-refractivity contribution is 6.51.